The van der Waals surface area contributed by atoms with Crippen LogP contribution in [0.1, 0.15) is 6.42 Å². The molecular formula is C11H12BrNO2S. The highest BCUT2D eigenvalue weighted by Gasteiger charge is 2.02. The van der Waals surface area contributed by atoms with E-state index in [-0.39, 0.29) is 0 Å². The Kier molecular flexibility index (Phi) is 3.78. The van der Waals surface area contributed by atoms with E-state index in [1.165, 1.54) is 5.39 Å². The molecule has 0 aliphatic rings. The molecule has 2 rings (SSSR count). The maximum atomic E-state index is 10.5. The summed E-state index contributed by atoms with van der Waals surface area (Å²) in [5.74, 6) is 0.330. The molecule has 1 N–H and O–H groups in total. The van der Waals surface area contributed by atoms with Crippen LogP contribution in [0.2, 0.25) is 0 Å². The highest BCUT2D eigenvalue weighted by atomic mass is 79.9. The van der Waals surface area contributed by atoms with Gasteiger partial charge in [-0.15, -0.1) is 0 Å². The molecule has 0 fully saturated rings. The smallest absolute Gasteiger partial charge is 0.152 e. The number of fused-ring (bicyclic) bond motifs is 1. The van der Waals surface area contributed by atoms with E-state index in [9.17, 15) is 4.21 Å². The fourth-order valence-electron chi connectivity index (χ4n) is 1.72. The summed E-state index contributed by atoms with van der Waals surface area (Å²) in [4.78, 5) is 0. The number of nitrogens with zero attached hydrogens (tertiary/aromatic N) is 1. The summed E-state index contributed by atoms with van der Waals surface area (Å²) < 4.78 is 22.4. The Balaban J connectivity index is 2.15. The Bertz CT molecular complexity index is 524. The van der Waals surface area contributed by atoms with E-state index >= 15 is 0 Å². The molecular weight excluding hydrogens is 290 g/mol. The van der Waals surface area contributed by atoms with Gasteiger partial charge in [-0.3, -0.25) is 0 Å². The number of aromatic nitrogens is 1. The molecule has 0 amide bonds. The van der Waals surface area contributed by atoms with Gasteiger partial charge < -0.3 is 9.12 Å². The normalized spacial score (nSPS) is 13.1. The Morgan fingerprint density at radius 3 is 2.94 bits per heavy atom. The lowest BCUT2D eigenvalue weighted by atomic mass is 10.2. The van der Waals surface area contributed by atoms with Gasteiger partial charge in [-0.1, -0.05) is 15.9 Å². The minimum atomic E-state index is -1.69. The van der Waals surface area contributed by atoms with Gasteiger partial charge in [0.05, 0.1) is 5.75 Å². The van der Waals surface area contributed by atoms with Gasteiger partial charge in [-0.25, -0.2) is 4.21 Å². The Hall–Kier alpha value is -0.650. The zero-order valence-corrected chi connectivity index (χ0v) is 11.0. The minimum absolute atomic E-state index is 0.330. The first-order valence-corrected chi connectivity index (χ1v) is 7.05. The molecule has 3 nitrogen and oxygen atoms in total. The lowest BCUT2D eigenvalue weighted by Gasteiger charge is -2.04. The van der Waals surface area contributed by atoms with Gasteiger partial charge in [0.25, 0.3) is 0 Å². The van der Waals surface area contributed by atoms with Crippen molar-refractivity contribution in [3.63, 3.8) is 0 Å². The van der Waals surface area contributed by atoms with Crippen LogP contribution in [0.25, 0.3) is 10.9 Å². The summed E-state index contributed by atoms with van der Waals surface area (Å²) in [5.41, 5.74) is 1.16. The first-order valence-electron chi connectivity index (χ1n) is 4.98. The van der Waals surface area contributed by atoms with Crippen molar-refractivity contribution in [3.05, 3.63) is 34.9 Å². The Labute approximate surface area is 105 Å². The molecule has 0 aliphatic carbocycles. The van der Waals surface area contributed by atoms with E-state index in [1.807, 2.05) is 12.3 Å². The predicted octanol–water partition coefficient (Wildman–Crippen LogP) is 3.02. The van der Waals surface area contributed by atoms with E-state index in [1.54, 1.807) is 0 Å². The van der Waals surface area contributed by atoms with Gasteiger partial charge in [-0.2, -0.15) is 0 Å². The number of halogens is 1. The zero-order chi connectivity index (χ0) is 11.5. The summed E-state index contributed by atoms with van der Waals surface area (Å²) in [6, 6.07) is 8.17. The molecule has 16 heavy (non-hydrogen) atoms. The van der Waals surface area contributed by atoms with Crippen molar-refractivity contribution in [2.45, 2.75) is 13.0 Å². The van der Waals surface area contributed by atoms with Crippen LogP contribution in [0, 0.1) is 0 Å². The molecule has 0 aliphatic heterocycles. The van der Waals surface area contributed by atoms with Gasteiger partial charge >= 0.3 is 0 Å². The molecule has 86 valence electrons. The van der Waals surface area contributed by atoms with Crippen LogP contribution in [0.4, 0.5) is 0 Å². The lowest BCUT2D eigenvalue weighted by molar-refractivity contribution is 0.557. The number of hydrogen-bond acceptors (Lipinski definition) is 1. The number of benzene rings is 1. The Morgan fingerprint density at radius 2 is 2.19 bits per heavy atom. The zero-order valence-electron chi connectivity index (χ0n) is 8.60. The van der Waals surface area contributed by atoms with Crippen molar-refractivity contribution in [2.24, 2.45) is 0 Å². The van der Waals surface area contributed by atoms with Crippen molar-refractivity contribution in [1.82, 2.24) is 4.57 Å². The predicted molar refractivity (Wildman–Crippen MR) is 69.9 cm³/mol. The average Bonchev–Trinajstić information content (AvgIpc) is 2.60. The highest BCUT2D eigenvalue weighted by Crippen LogP contribution is 2.21. The standard InChI is InChI=1S/C11H12BrNO2S/c12-10-2-3-11-9(8-10)4-6-13(11)5-1-7-16(14)15/h2-4,6,8H,1,5,7H2,(H,14,15). The summed E-state index contributed by atoms with van der Waals surface area (Å²) in [6.07, 6.45) is 2.72. The van der Waals surface area contributed by atoms with Gasteiger partial charge in [0.15, 0.2) is 11.1 Å². The summed E-state index contributed by atoms with van der Waals surface area (Å²) in [6.45, 7) is 0.775. The van der Waals surface area contributed by atoms with Crippen molar-refractivity contribution >= 4 is 37.9 Å². The van der Waals surface area contributed by atoms with Crippen molar-refractivity contribution in [1.29, 1.82) is 0 Å². The van der Waals surface area contributed by atoms with E-state index in [2.05, 4.69) is 38.7 Å². The van der Waals surface area contributed by atoms with Gasteiger partial charge in [-0.05, 0) is 30.7 Å². The molecule has 1 unspecified atom stereocenters. The first-order chi connectivity index (χ1) is 7.66. The molecule has 0 spiro atoms. The van der Waals surface area contributed by atoms with Crippen LogP contribution in [0.3, 0.4) is 0 Å². The third-order valence-corrected chi connectivity index (χ3v) is 3.58. The lowest BCUT2D eigenvalue weighted by Crippen LogP contribution is -2.02. The fraction of sp³-hybridized carbons (Fsp3) is 0.273. The van der Waals surface area contributed by atoms with Crippen LogP contribution in [-0.2, 0) is 17.6 Å². The highest BCUT2D eigenvalue weighted by molar-refractivity contribution is 9.10. The summed E-state index contributed by atoms with van der Waals surface area (Å²) >= 11 is 1.75. The number of aryl methyl sites for hydroxylation is 1. The summed E-state index contributed by atoms with van der Waals surface area (Å²) in [7, 11) is 0. The molecule has 0 radical (unpaired) electrons. The minimum Gasteiger partial charge on any atom is -0.347 e. The third-order valence-electron chi connectivity index (χ3n) is 2.45. The maximum absolute atomic E-state index is 10.5. The Morgan fingerprint density at radius 1 is 1.38 bits per heavy atom. The first kappa shape index (κ1) is 11.8. The molecule has 0 saturated heterocycles. The molecule has 5 heteroatoms. The second kappa shape index (κ2) is 5.12. The van der Waals surface area contributed by atoms with Crippen molar-refractivity contribution in [3.8, 4) is 0 Å². The van der Waals surface area contributed by atoms with Crippen molar-refractivity contribution in [2.75, 3.05) is 5.75 Å². The molecule has 0 saturated carbocycles. The molecule has 1 atom stereocenters. The fourth-order valence-corrected chi connectivity index (χ4v) is 2.48. The largest absolute Gasteiger partial charge is 0.347 e. The molecule has 2 aromatic rings. The number of hydrogen-bond donors (Lipinski definition) is 1. The monoisotopic (exact) mass is 301 g/mol. The van der Waals surface area contributed by atoms with E-state index in [0.29, 0.717) is 12.2 Å². The third kappa shape index (κ3) is 2.72. The molecule has 1 aromatic carbocycles. The van der Waals surface area contributed by atoms with Crippen LogP contribution < -0.4 is 0 Å². The molecule has 1 heterocycles. The SMILES string of the molecule is O=S(O)CCCn1ccc2cc(Br)ccc21. The van der Waals surface area contributed by atoms with Gasteiger partial charge in [0.2, 0.25) is 0 Å². The average molecular weight is 302 g/mol. The maximum Gasteiger partial charge on any atom is 0.152 e. The van der Waals surface area contributed by atoms with Crippen LogP contribution in [0.5, 0.6) is 0 Å². The quantitative estimate of drug-likeness (QED) is 0.882. The topological polar surface area (TPSA) is 42.2 Å². The van der Waals surface area contributed by atoms with Crippen LogP contribution in [0.15, 0.2) is 34.9 Å². The molecule has 1 aromatic heterocycles. The molecule has 0 bridgehead atoms. The van der Waals surface area contributed by atoms with E-state index in [4.69, 9.17) is 4.55 Å². The van der Waals surface area contributed by atoms with E-state index in [0.717, 1.165) is 16.5 Å². The second-order valence-electron chi connectivity index (χ2n) is 3.59. The van der Waals surface area contributed by atoms with Crippen LogP contribution in [-0.4, -0.2) is 19.1 Å². The van der Waals surface area contributed by atoms with E-state index < -0.39 is 11.1 Å². The number of rotatable bonds is 4. The van der Waals surface area contributed by atoms with Crippen molar-refractivity contribution < 1.29 is 8.76 Å². The second-order valence-corrected chi connectivity index (χ2v) is 5.56. The van der Waals surface area contributed by atoms with Gasteiger partial charge in [0.1, 0.15) is 0 Å². The van der Waals surface area contributed by atoms with Crippen LogP contribution >= 0.6 is 15.9 Å². The summed E-state index contributed by atoms with van der Waals surface area (Å²) in [5, 5.41) is 1.18. The van der Waals surface area contributed by atoms with Gasteiger partial charge in [0, 0.05) is 28.1 Å².